The van der Waals surface area contributed by atoms with Gasteiger partial charge in [0.15, 0.2) is 0 Å². The fraction of sp³-hybridized carbons (Fsp3) is 0.316. The highest BCUT2D eigenvalue weighted by atomic mass is 16.2. The average molecular weight is 294 g/mol. The largest absolute Gasteiger partial charge is 0.340 e. The number of hydrogen-bond acceptors (Lipinski definition) is 2. The van der Waals surface area contributed by atoms with Gasteiger partial charge in [-0.15, -0.1) is 0 Å². The first kappa shape index (κ1) is 14.8. The summed E-state index contributed by atoms with van der Waals surface area (Å²) in [4.78, 5) is 14.6. The van der Waals surface area contributed by atoms with Crippen LogP contribution in [0.2, 0.25) is 0 Å². The topological polar surface area (TPSA) is 32.3 Å². The van der Waals surface area contributed by atoms with Gasteiger partial charge in [0.1, 0.15) is 0 Å². The van der Waals surface area contributed by atoms with Crippen LogP contribution in [0.3, 0.4) is 0 Å². The number of piperazine rings is 1. The van der Waals surface area contributed by atoms with Crippen molar-refractivity contribution in [3.63, 3.8) is 0 Å². The quantitative estimate of drug-likeness (QED) is 0.940. The molecular formula is C19H22N2O. The van der Waals surface area contributed by atoms with Crippen molar-refractivity contribution in [1.82, 2.24) is 10.2 Å². The zero-order chi connectivity index (χ0) is 15.2. The number of carbonyl (C=O) groups excluding carboxylic acids is 1. The van der Waals surface area contributed by atoms with E-state index in [-0.39, 0.29) is 11.8 Å². The van der Waals surface area contributed by atoms with Gasteiger partial charge in [-0.05, 0) is 11.1 Å². The minimum atomic E-state index is 0.129. The molecule has 22 heavy (non-hydrogen) atoms. The van der Waals surface area contributed by atoms with Gasteiger partial charge in [0.25, 0.3) is 0 Å². The molecule has 1 amide bonds. The summed E-state index contributed by atoms with van der Waals surface area (Å²) in [6.45, 7) is 3.42. The van der Waals surface area contributed by atoms with E-state index in [1.165, 1.54) is 11.1 Å². The van der Waals surface area contributed by atoms with Crippen molar-refractivity contribution in [3.8, 4) is 0 Å². The Labute approximate surface area is 132 Å². The zero-order valence-corrected chi connectivity index (χ0v) is 12.7. The average Bonchev–Trinajstić information content (AvgIpc) is 2.62. The molecule has 3 nitrogen and oxygen atoms in total. The van der Waals surface area contributed by atoms with Crippen LogP contribution in [0.5, 0.6) is 0 Å². The Morgan fingerprint density at radius 3 is 1.91 bits per heavy atom. The molecule has 1 fully saturated rings. The van der Waals surface area contributed by atoms with Gasteiger partial charge in [-0.25, -0.2) is 0 Å². The number of nitrogens with zero attached hydrogens (tertiary/aromatic N) is 1. The zero-order valence-electron chi connectivity index (χ0n) is 12.7. The van der Waals surface area contributed by atoms with Gasteiger partial charge in [-0.3, -0.25) is 4.79 Å². The van der Waals surface area contributed by atoms with Crippen molar-refractivity contribution < 1.29 is 4.79 Å². The van der Waals surface area contributed by atoms with Crippen molar-refractivity contribution in [3.05, 3.63) is 71.8 Å². The molecule has 0 spiro atoms. The number of hydrogen-bond donors (Lipinski definition) is 1. The van der Waals surface area contributed by atoms with Crippen LogP contribution in [0.1, 0.15) is 23.5 Å². The second-order valence-electron chi connectivity index (χ2n) is 5.71. The fourth-order valence-electron chi connectivity index (χ4n) is 3.02. The van der Waals surface area contributed by atoms with Gasteiger partial charge in [-0.2, -0.15) is 0 Å². The van der Waals surface area contributed by atoms with Crippen LogP contribution in [0.25, 0.3) is 0 Å². The molecule has 114 valence electrons. The van der Waals surface area contributed by atoms with Crippen molar-refractivity contribution in [2.75, 3.05) is 26.2 Å². The molecule has 0 bridgehead atoms. The standard InChI is InChI=1S/C19H22N2O/c22-19(21-13-11-20-12-14-21)15-18(16-7-3-1-4-8-16)17-9-5-2-6-10-17/h1-10,18,20H,11-15H2. The number of rotatable bonds is 4. The van der Waals surface area contributed by atoms with Gasteiger partial charge in [0.2, 0.25) is 5.91 Å². The molecule has 1 heterocycles. The number of benzene rings is 2. The SMILES string of the molecule is O=C(CC(c1ccccc1)c1ccccc1)N1CCNCC1. The molecule has 0 atom stereocenters. The molecule has 1 N–H and O–H groups in total. The maximum Gasteiger partial charge on any atom is 0.223 e. The third-order valence-corrected chi connectivity index (χ3v) is 4.25. The van der Waals surface area contributed by atoms with E-state index in [0.717, 1.165) is 26.2 Å². The Morgan fingerprint density at radius 1 is 0.909 bits per heavy atom. The van der Waals surface area contributed by atoms with E-state index in [1.54, 1.807) is 0 Å². The Hall–Kier alpha value is -2.13. The summed E-state index contributed by atoms with van der Waals surface area (Å²) in [5.41, 5.74) is 2.41. The van der Waals surface area contributed by atoms with Gasteiger partial charge in [0.05, 0.1) is 0 Å². The van der Waals surface area contributed by atoms with E-state index in [0.29, 0.717) is 6.42 Å². The van der Waals surface area contributed by atoms with Gasteiger partial charge in [0, 0.05) is 38.5 Å². The predicted molar refractivity (Wildman–Crippen MR) is 88.8 cm³/mol. The maximum atomic E-state index is 12.7. The summed E-state index contributed by atoms with van der Waals surface area (Å²) in [6.07, 6.45) is 0.536. The molecule has 1 aliphatic rings. The van der Waals surface area contributed by atoms with Gasteiger partial charge >= 0.3 is 0 Å². The molecule has 0 aliphatic carbocycles. The summed E-state index contributed by atoms with van der Waals surface area (Å²) in [7, 11) is 0. The first-order valence-corrected chi connectivity index (χ1v) is 7.93. The summed E-state index contributed by atoms with van der Waals surface area (Å²) in [5, 5.41) is 3.29. The third-order valence-electron chi connectivity index (χ3n) is 4.25. The van der Waals surface area contributed by atoms with E-state index in [4.69, 9.17) is 0 Å². The van der Waals surface area contributed by atoms with E-state index in [2.05, 4.69) is 29.6 Å². The number of carbonyl (C=O) groups is 1. The number of nitrogens with one attached hydrogen (secondary N) is 1. The van der Waals surface area contributed by atoms with Crippen LogP contribution >= 0.6 is 0 Å². The minimum absolute atomic E-state index is 0.129. The van der Waals surface area contributed by atoms with Crippen molar-refractivity contribution in [1.29, 1.82) is 0 Å². The van der Waals surface area contributed by atoms with Crippen molar-refractivity contribution in [2.45, 2.75) is 12.3 Å². The van der Waals surface area contributed by atoms with E-state index in [1.807, 2.05) is 41.3 Å². The minimum Gasteiger partial charge on any atom is -0.340 e. The summed E-state index contributed by atoms with van der Waals surface area (Å²) in [5.74, 6) is 0.379. The molecule has 2 aromatic rings. The molecule has 0 aromatic heterocycles. The Bertz CT molecular complexity index is 552. The molecule has 2 aromatic carbocycles. The lowest BCUT2D eigenvalue weighted by Crippen LogP contribution is -2.46. The molecule has 0 saturated carbocycles. The van der Waals surface area contributed by atoms with Crippen molar-refractivity contribution in [2.24, 2.45) is 0 Å². The van der Waals surface area contributed by atoms with Gasteiger partial charge in [-0.1, -0.05) is 60.7 Å². The van der Waals surface area contributed by atoms with Crippen LogP contribution in [0.4, 0.5) is 0 Å². The predicted octanol–water partition coefficient (Wildman–Crippen LogP) is 2.64. The molecule has 1 saturated heterocycles. The van der Waals surface area contributed by atoms with Crippen LogP contribution in [-0.2, 0) is 4.79 Å². The van der Waals surface area contributed by atoms with E-state index >= 15 is 0 Å². The fourth-order valence-corrected chi connectivity index (χ4v) is 3.02. The Balaban J connectivity index is 1.81. The highest BCUT2D eigenvalue weighted by Gasteiger charge is 2.22. The second kappa shape index (κ2) is 7.23. The third kappa shape index (κ3) is 3.55. The molecule has 3 rings (SSSR count). The summed E-state index contributed by atoms with van der Waals surface area (Å²) < 4.78 is 0. The monoisotopic (exact) mass is 294 g/mol. The lowest BCUT2D eigenvalue weighted by atomic mass is 9.88. The molecule has 1 aliphatic heterocycles. The van der Waals surface area contributed by atoms with Crippen LogP contribution in [0, 0.1) is 0 Å². The lowest BCUT2D eigenvalue weighted by molar-refractivity contribution is -0.132. The van der Waals surface area contributed by atoms with E-state index in [9.17, 15) is 4.79 Å². The highest BCUT2D eigenvalue weighted by Crippen LogP contribution is 2.28. The smallest absolute Gasteiger partial charge is 0.223 e. The first-order valence-electron chi connectivity index (χ1n) is 7.93. The maximum absolute atomic E-state index is 12.7. The number of amides is 1. The Kier molecular flexibility index (Phi) is 4.86. The highest BCUT2D eigenvalue weighted by molar-refractivity contribution is 5.78. The summed E-state index contributed by atoms with van der Waals surface area (Å²) in [6, 6.07) is 20.7. The molecular weight excluding hydrogens is 272 g/mol. The second-order valence-corrected chi connectivity index (χ2v) is 5.71. The van der Waals surface area contributed by atoms with Crippen molar-refractivity contribution >= 4 is 5.91 Å². The molecule has 0 radical (unpaired) electrons. The Morgan fingerprint density at radius 2 is 1.41 bits per heavy atom. The van der Waals surface area contributed by atoms with Gasteiger partial charge < -0.3 is 10.2 Å². The normalized spacial score (nSPS) is 15.0. The van der Waals surface area contributed by atoms with Crippen LogP contribution in [-0.4, -0.2) is 37.0 Å². The van der Waals surface area contributed by atoms with Crippen LogP contribution in [0.15, 0.2) is 60.7 Å². The lowest BCUT2D eigenvalue weighted by Gasteiger charge is -2.29. The first-order chi connectivity index (χ1) is 10.8. The molecule has 0 unspecified atom stereocenters. The molecule has 3 heteroatoms. The van der Waals surface area contributed by atoms with E-state index < -0.39 is 0 Å². The summed E-state index contributed by atoms with van der Waals surface area (Å²) >= 11 is 0. The van der Waals surface area contributed by atoms with Crippen LogP contribution < -0.4 is 5.32 Å².